The lowest BCUT2D eigenvalue weighted by Crippen LogP contribution is -2.27. The minimum Gasteiger partial charge on any atom is -0.593 e. The highest BCUT2D eigenvalue weighted by Crippen LogP contribution is 2.36. The lowest BCUT2D eigenvalue weighted by atomic mass is 10.2. The molecule has 0 aromatic heterocycles. The predicted octanol–water partition coefficient (Wildman–Crippen LogP) is 4.40. The number of benzene rings is 3. The highest BCUT2D eigenvalue weighted by Gasteiger charge is 2.15. The van der Waals surface area contributed by atoms with Crippen molar-refractivity contribution in [3.05, 3.63) is 78.4 Å². The fourth-order valence-electron chi connectivity index (χ4n) is 2.61. The standard InChI is InChI=1S/C23H23NO5S/c1-17-11-13-18(14-12-17)30(26)24-16-15-23(25)29-22-10-6-5-9-21(22)28-20-8-4-3-7-19(20)27-2/h3-14,24H,15-16H2,1-2H3. The van der Waals surface area contributed by atoms with Gasteiger partial charge in [-0.1, -0.05) is 42.0 Å². The Labute approximate surface area is 179 Å². The van der Waals surface area contributed by atoms with Gasteiger partial charge in [-0.25, -0.2) is 0 Å². The van der Waals surface area contributed by atoms with Gasteiger partial charge in [0.2, 0.25) is 0 Å². The summed E-state index contributed by atoms with van der Waals surface area (Å²) in [5.41, 5.74) is 1.09. The van der Waals surface area contributed by atoms with Crippen molar-refractivity contribution >= 4 is 17.3 Å². The van der Waals surface area contributed by atoms with E-state index in [0.717, 1.165) is 5.56 Å². The van der Waals surface area contributed by atoms with Gasteiger partial charge in [0.1, 0.15) is 0 Å². The van der Waals surface area contributed by atoms with Gasteiger partial charge in [-0.3, -0.25) is 4.79 Å². The van der Waals surface area contributed by atoms with E-state index in [4.69, 9.17) is 14.2 Å². The molecular weight excluding hydrogens is 402 g/mol. The van der Waals surface area contributed by atoms with E-state index in [0.29, 0.717) is 27.9 Å². The number of aryl methyl sites for hydroxylation is 1. The minimum absolute atomic E-state index is 0.0561. The van der Waals surface area contributed by atoms with Crippen molar-refractivity contribution in [2.75, 3.05) is 13.7 Å². The maximum Gasteiger partial charge on any atom is 0.312 e. The molecule has 1 unspecified atom stereocenters. The highest BCUT2D eigenvalue weighted by atomic mass is 32.2. The number of carbonyl (C=O) groups is 1. The number of carbonyl (C=O) groups excluding carboxylic acids is 1. The van der Waals surface area contributed by atoms with Crippen LogP contribution in [0.3, 0.4) is 0 Å². The lowest BCUT2D eigenvalue weighted by Gasteiger charge is -2.14. The second-order valence-corrected chi connectivity index (χ2v) is 7.70. The fraction of sp³-hybridized carbons (Fsp3) is 0.174. The van der Waals surface area contributed by atoms with Gasteiger partial charge in [0.05, 0.1) is 31.4 Å². The van der Waals surface area contributed by atoms with Gasteiger partial charge in [-0.2, -0.15) is 0 Å². The fourth-order valence-corrected chi connectivity index (χ4v) is 3.44. The van der Waals surface area contributed by atoms with E-state index in [9.17, 15) is 9.35 Å². The first-order valence-electron chi connectivity index (χ1n) is 9.39. The summed E-state index contributed by atoms with van der Waals surface area (Å²) in [6.07, 6.45) is 0.0561. The van der Waals surface area contributed by atoms with Crippen molar-refractivity contribution in [1.82, 2.24) is 4.72 Å². The molecule has 156 valence electrons. The first kappa shape index (κ1) is 21.7. The quantitative estimate of drug-likeness (QED) is 0.311. The van der Waals surface area contributed by atoms with Crippen molar-refractivity contribution in [1.29, 1.82) is 0 Å². The number of rotatable bonds is 9. The predicted molar refractivity (Wildman–Crippen MR) is 115 cm³/mol. The van der Waals surface area contributed by atoms with Crippen LogP contribution in [0.15, 0.2) is 77.7 Å². The summed E-state index contributed by atoms with van der Waals surface area (Å²) in [6.45, 7) is 2.18. The molecule has 0 aliphatic rings. The van der Waals surface area contributed by atoms with Crippen LogP contribution in [0.1, 0.15) is 12.0 Å². The highest BCUT2D eigenvalue weighted by molar-refractivity contribution is 7.89. The monoisotopic (exact) mass is 425 g/mol. The molecule has 0 fully saturated rings. The maximum absolute atomic E-state index is 12.3. The summed E-state index contributed by atoms with van der Waals surface area (Å²) in [5, 5.41) is 0. The maximum atomic E-state index is 12.3. The molecule has 6 nitrogen and oxygen atoms in total. The Kier molecular flexibility index (Phi) is 7.73. The molecule has 0 radical (unpaired) electrons. The van der Waals surface area contributed by atoms with Gasteiger partial charge in [0.25, 0.3) is 0 Å². The Morgan fingerprint density at radius 1 is 0.900 bits per heavy atom. The Bertz CT molecular complexity index is 977. The van der Waals surface area contributed by atoms with E-state index in [2.05, 4.69) is 4.72 Å². The van der Waals surface area contributed by atoms with E-state index >= 15 is 0 Å². The van der Waals surface area contributed by atoms with Crippen molar-refractivity contribution in [3.63, 3.8) is 0 Å². The second-order valence-electron chi connectivity index (χ2n) is 6.40. The molecule has 3 aromatic rings. The van der Waals surface area contributed by atoms with E-state index < -0.39 is 17.3 Å². The number of hydrogen-bond acceptors (Lipinski definition) is 6. The molecule has 30 heavy (non-hydrogen) atoms. The van der Waals surface area contributed by atoms with Gasteiger partial charge in [-0.05, 0) is 43.3 Å². The molecule has 0 saturated carbocycles. The van der Waals surface area contributed by atoms with Gasteiger partial charge in [-0.15, -0.1) is 4.72 Å². The van der Waals surface area contributed by atoms with Crippen LogP contribution in [0.2, 0.25) is 0 Å². The zero-order valence-electron chi connectivity index (χ0n) is 16.8. The van der Waals surface area contributed by atoms with Crippen LogP contribution in [0.4, 0.5) is 0 Å². The van der Waals surface area contributed by atoms with Crippen LogP contribution >= 0.6 is 0 Å². The van der Waals surface area contributed by atoms with Gasteiger partial charge in [0, 0.05) is 0 Å². The molecular formula is C23H23NO5S. The molecule has 1 atom stereocenters. The number of para-hydroxylation sites is 4. The zero-order valence-corrected chi connectivity index (χ0v) is 17.6. The summed E-state index contributed by atoms with van der Waals surface area (Å²) >= 11 is -1.39. The van der Waals surface area contributed by atoms with Gasteiger partial charge in [0.15, 0.2) is 27.9 Å². The molecule has 7 heteroatoms. The topological polar surface area (TPSA) is 79.9 Å². The Morgan fingerprint density at radius 2 is 1.47 bits per heavy atom. The summed E-state index contributed by atoms with van der Waals surface area (Å²) in [4.78, 5) is 12.9. The first-order chi connectivity index (χ1) is 14.6. The molecule has 0 aliphatic heterocycles. The lowest BCUT2D eigenvalue weighted by molar-refractivity contribution is -0.134. The average molecular weight is 426 g/mol. The van der Waals surface area contributed by atoms with Crippen LogP contribution in [0.25, 0.3) is 0 Å². The molecule has 0 spiro atoms. The Hall–Kier alpha value is -3.00. The van der Waals surface area contributed by atoms with Crippen molar-refractivity contribution in [3.8, 4) is 23.0 Å². The Balaban J connectivity index is 1.56. The largest absolute Gasteiger partial charge is 0.593 e. The number of ether oxygens (including phenoxy) is 3. The molecule has 0 bridgehead atoms. The summed E-state index contributed by atoms with van der Waals surface area (Å²) in [5.74, 6) is 1.32. The third-order valence-electron chi connectivity index (χ3n) is 4.16. The smallest absolute Gasteiger partial charge is 0.312 e. The number of hydrogen-bond donors (Lipinski definition) is 1. The van der Waals surface area contributed by atoms with Crippen LogP contribution in [-0.4, -0.2) is 24.2 Å². The number of nitrogens with one attached hydrogen (secondary N) is 1. The Morgan fingerprint density at radius 3 is 2.10 bits per heavy atom. The third-order valence-corrected chi connectivity index (χ3v) is 5.33. The van der Waals surface area contributed by atoms with Crippen LogP contribution in [-0.2, 0) is 16.2 Å². The van der Waals surface area contributed by atoms with Gasteiger partial charge < -0.3 is 18.8 Å². The number of methoxy groups -OCH3 is 1. The van der Waals surface area contributed by atoms with Crippen molar-refractivity contribution < 1.29 is 23.6 Å². The molecule has 0 saturated heterocycles. The zero-order chi connectivity index (χ0) is 21.3. The van der Waals surface area contributed by atoms with Crippen LogP contribution in [0, 0.1) is 6.92 Å². The number of esters is 1. The summed E-state index contributed by atoms with van der Waals surface area (Å²) in [7, 11) is 1.56. The molecule has 0 heterocycles. The SMILES string of the molecule is COc1ccccc1Oc1ccccc1OC(=O)CCN[S+]([O-])c1ccc(C)cc1. The van der Waals surface area contributed by atoms with Crippen molar-refractivity contribution in [2.45, 2.75) is 18.2 Å². The van der Waals surface area contributed by atoms with Crippen molar-refractivity contribution in [2.24, 2.45) is 0 Å². The van der Waals surface area contributed by atoms with E-state index in [-0.39, 0.29) is 13.0 Å². The second kappa shape index (κ2) is 10.7. The van der Waals surface area contributed by atoms with Crippen LogP contribution < -0.4 is 18.9 Å². The molecule has 1 N–H and O–H groups in total. The molecule has 0 aliphatic carbocycles. The van der Waals surface area contributed by atoms with E-state index in [1.807, 2.05) is 31.2 Å². The first-order valence-corrected chi connectivity index (χ1v) is 10.5. The molecule has 3 rings (SSSR count). The average Bonchev–Trinajstić information content (AvgIpc) is 2.76. The minimum atomic E-state index is -1.39. The molecule has 3 aromatic carbocycles. The third kappa shape index (κ3) is 6.00. The normalized spacial score (nSPS) is 11.6. The van der Waals surface area contributed by atoms with E-state index in [1.54, 1.807) is 55.6 Å². The van der Waals surface area contributed by atoms with Crippen LogP contribution in [0.5, 0.6) is 23.0 Å². The summed E-state index contributed by atoms with van der Waals surface area (Å²) < 4.78 is 31.7. The summed E-state index contributed by atoms with van der Waals surface area (Å²) in [6, 6.07) is 21.5. The van der Waals surface area contributed by atoms with E-state index in [1.165, 1.54) is 0 Å². The molecule has 0 amide bonds. The van der Waals surface area contributed by atoms with Gasteiger partial charge >= 0.3 is 5.97 Å².